The average Bonchev–Trinajstić information content (AvgIpc) is 2.60. The molecular weight excluding hydrogens is 308 g/mol. The first-order valence-corrected chi connectivity index (χ1v) is 8.01. The van der Waals surface area contributed by atoms with Crippen molar-refractivity contribution in [3.05, 3.63) is 48.0 Å². The van der Waals surface area contributed by atoms with Crippen LogP contribution < -0.4 is 19.7 Å². The van der Waals surface area contributed by atoms with Gasteiger partial charge in [0.1, 0.15) is 11.5 Å². The average molecular weight is 328 g/mol. The van der Waals surface area contributed by atoms with Crippen LogP contribution in [0.15, 0.2) is 42.5 Å². The summed E-state index contributed by atoms with van der Waals surface area (Å²) in [6, 6.07) is 14.1. The number of nitrogens with one attached hydrogen (secondary N) is 1. The fourth-order valence-corrected chi connectivity index (χ4v) is 3.12. The number of nitrogens with zero attached hydrogens (tertiary/aromatic N) is 1. The van der Waals surface area contributed by atoms with Crippen LogP contribution in [-0.2, 0) is 6.42 Å². The molecule has 0 spiro atoms. The molecule has 2 aromatic carbocycles. The maximum absolute atomic E-state index is 5.62. The maximum Gasteiger partial charge on any atom is 0.177 e. The highest BCUT2D eigenvalue weighted by Crippen LogP contribution is 2.29. The van der Waals surface area contributed by atoms with E-state index >= 15 is 0 Å². The lowest BCUT2D eigenvalue weighted by Gasteiger charge is -2.31. The van der Waals surface area contributed by atoms with E-state index in [0.29, 0.717) is 5.11 Å². The second-order valence-electron chi connectivity index (χ2n) is 5.42. The number of aryl methyl sites for hydroxylation is 1. The van der Waals surface area contributed by atoms with E-state index in [0.717, 1.165) is 36.6 Å². The summed E-state index contributed by atoms with van der Waals surface area (Å²) >= 11 is 5.62. The predicted octanol–water partition coefficient (Wildman–Crippen LogP) is 3.85. The fourth-order valence-electron chi connectivity index (χ4n) is 2.82. The Kier molecular flexibility index (Phi) is 4.67. The Labute approximate surface area is 142 Å². The number of fused-ring (bicyclic) bond motifs is 1. The van der Waals surface area contributed by atoms with Gasteiger partial charge in [-0.25, -0.2) is 0 Å². The molecule has 1 aliphatic heterocycles. The molecule has 4 nitrogen and oxygen atoms in total. The minimum atomic E-state index is 0.687. The SMILES string of the molecule is COc1cc(NC(=S)N2CCCc3ccccc32)cc(OC)c1. The molecule has 0 aromatic heterocycles. The smallest absolute Gasteiger partial charge is 0.177 e. The molecule has 1 heterocycles. The summed E-state index contributed by atoms with van der Waals surface area (Å²) in [5.74, 6) is 1.46. The van der Waals surface area contributed by atoms with Crippen molar-refractivity contribution in [3.63, 3.8) is 0 Å². The zero-order valence-corrected chi connectivity index (χ0v) is 14.2. The van der Waals surface area contributed by atoms with Gasteiger partial charge in [0.15, 0.2) is 5.11 Å². The van der Waals surface area contributed by atoms with Crippen LogP contribution in [0, 0.1) is 0 Å². The second-order valence-corrected chi connectivity index (χ2v) is 5.80. The van der Waals surface area contributed by atoms with Gasteiger partial charge in [0.05, 0.1) is 14.2 Å². The van der Waals surface area contributed by atoms with Crippen LogP contribution in [0.5, 0.6) is 11.5 Å². The van der Waals surface area contributed by atoms with Gasteiger partial charge in [-0.05, 0) is 36.7 Å². The number of para-hydroxylation sites is 1. The monoisotopic (exact) mass is 328 g/mol. The van der Waals surface area contributed by atoms with Crippen molar-refractivity contribution in [1.29, 1.82) is 0 Å². The van der Waals surface area contributed by atoms with Gasteiger partial charge in [0.2, 0.25) is 0 Å². The number of hydrogen-bond acceptors (Lipinski definition) is 3. The second kappa shape index (κ2) is 6.87. The molecule has 0 aliphatic carbocycles. The molecular formula is C18H20N2O2S. The van der Waals surface area contributed by atoms with E-state index in [2.05, 4.69) is 28.4 Å². The van der Waals surface area contributed by atoms with Crippen molar-refractivity contribution >= 4 is 28.7 Å². The van der Waals surface area contributed by atoms with E-state index in [4.69, 9.17) is 21.7 Å². The number of ether oxygens (including phenoxy) is 2. The molecule has 120 valence electrons. The third-order valence-corrected chi connectivity index (χ3v) is 4.28. The van der Waals surface area contributed by atoms with Gasteiger partial charge in [-0.2, -0.15) is 0 Å². The summed E-state index contributed by atoms with van der Waals surface area (Å²) in [4.78, 5) is 2.15. The van der Waals surface area contributed by atoms with Gasteiger partial charge in [-0.3, -0.25) is 0 Å². The van der Waals surface area contributed by atoms with Crippen molar-refractivity contribution in [1.82, 2.24) is 0 Å². The van der Waals surface area contributed by atoms with Crippen molar-refractivity contribution in [2.24, 2.45) is 0 Å². The van der Waals surface area contributed by atoms with E-state index < -0.39 is 0 Å². The lowest BCUT2D eigenvalue weighted by Crippen LogP contribution is -2.38. The van der Waals surface area contributed by atoms with Crippen LogP contribution in [0.4, 0.5) is 11.4 Å². The molecule has 2 aromatic rings. The fraction of sp³-hybridized carbons (Fsp3) is 0.278. The molecule has 0 amide bonds. The van der Waals surface area contributed by atoms with Crippen LogP contribution >= 0.6 is 12.2 Å². The Bertz CT molecular complexity index is 696. The number of rotatable bonds is 3. The largest absolute Gasteiger partial charge is 0.497 e. The Morgan fingerprint density at radius 1 is 1.09 bits per heavy atom. The topological polar surface area (TPSA) is 33.7 Å². The number of benzene rings is 2. The van der Waals surface area contributed by atoms with E-state index in [1.165, 1.54) is 11.3 Å². The number of thiocarbonyl (C=S) groups is 1. The Morgan fingerprint density at radius 2 is 1.78 bits per heavy atom. The van der Waals surface area contributed by atoms with Gasteiger partial charge < -0.3 is 19.7 Å². The third-order valence-electron chi connectivity index (χ3n) is 3.96. The number of methoxy groups -OCH3 is 2. The minimum absolute atomic E-state index is 0.687. The van der Waals surface area contributed by atoms with Gasteiger partial charge >= 0.3 is 0 Å². The van der Waals surface area contributed by atoms with Gasteiger partial charge in [0.25, 0.3) is 0 Å². The maximum atomic E-state index is 5.62. The molecule has 1 aliphatic rings. The van der Waals surface area contributed by atoms with Crippen LogP contribution in [0.3, 0.4) is 0 Å². The molecule has 0 bridgehead atoms. The predicted molar refractivity (Wildman–Crippen MR) is 97.9 cm³/mol. The van der Waals surface area contributed by atoms with E-state index in [9.17, 15) is 0 Å². The Hall–Kier alpha value is -2.27. The lowest BCUT2D eigenvalue weighted by atomic mass is 10.0. The van der Waals surface area contributed by atoms with Gasteiger partial charge in [-0.1, -0.05) is 18.2 Å². The van der Waals surface area contributed by atoms with Gasteiger partial charge in [0, 0.05) is 36.1 Å². The van der Waals surface area contributed by atoms with E-state index in [-0.39, 0.29) is 0 Å². The van der Waals surface area contributed by atoms with Crippen molar-refractivity contribution in [2.75, 3.05) is 31.0 Å². The highest BCUT2D eigenvalue weighted by Gasteiger charge is 2.19. The van der Waals surface area contributed by atoms with Crippen molar-refractivity contribution in [3.8, 4) is 11.5 Å². The summed E-state index contributed by atoms with van der Waals surface area (Å²) in [5, 5.41) is 3.99. The molecule has 1 N–H and O–H groups in total. The van der Waals surface area contributed by atoms with Crippen LogP contribution in [0.25, 0.3) is 0 Å². The molecule has 23 heavy (non-hydrogen) atoms. The molecule has 0 saturated heterocycles. The Morgan fingerprint density at radius 3 is 2.48 bits per heavy atom. The van der Waals surface area contributed by atoms with Crippen LogP contribution in [-0.4, -0.2) is 25.9 Å². The normalized spacial score (nSPS) is 13.2. The minimum Gasteiger partial charge on any atom is -0.497 e. The zero-order chi connectivity index (χ0) is 16.2. The van der Waals surface area contributed by atoms with Gasteiger partial charge in [-0.15, -0.1) is 0 Å². The number of hydrogen-bond donors (Lipinski definition) is 1. The molecule has 0 fully saturated rings. The zero-order valence-electron chi connectivity index (χ0n) is 13.3. The molecule has 0 saturated carbocycles. The molecule has 3 rings (SSSR count). The molecule has 0 unspecified atom stereocenters. The summed E-state index contributed by atoms with van der Waals surface area (Å²) in [7, 11) is 3.27. The first-order valence-electron chi connectivity index (χ1n) is 7.61. The van der Waals surface area contributed by atoms with Crippen LogP contribution in [0.1, 0.15) is 12.0 Å². The number of anilines is 2. The summed E-state index contributed by atoms with van der Waals surface area (Å²) in [6.45, 7) is 0.921. The first-order chi connectivity index (χ1) is 11.2. The van der Waals surface area contributed by atoms with E-state index in [1.807, 2.05) is 24.3 Å². The quantitative estimate of drug-likeness (QED) is 0.866. The molecule has 5 heteroatoms. The van der Waals surface area contributed by atoms with Crippen molar-refractivity contribution < 1.29 is 9.47 Å². The lowest BCUT2D eigenvalue weighted by molar-refractivity contribution is 0.395. The van der Waals surface area contributed by atoms with Crippen LogP contribution in [0.2, 0.25) is 0 Å². The third kappa shape index (κ3) is 3.40. The summed E-state index contributed by atoms with van der Waals surface area (Å²) in [5.41, 5.74) is 3.38. The Balaban J connectivity index is 1.83. The van der Waals surface area contributed by atoms with Crippen molar-refractivity contribution in [2.45, 2.75) is 12.8 Å². The first kappa shape index (κ1) is 15.6. The summed E-state index contributed by atoms with van der Waals surface area (Å²) < 4.78 is 10.6. The standard InChI is InChI=1S/C18H20N2O2S/c1-21-15-10-14(11-16(12-15)22-2)19-18(23)20-9-5-7-13-6-3-4-8-17(13)20/h3-4,6,8,10-12H,5,7,9H2,1-2H3,(H,19,23). The summed E-state index contributed by atoms with van der Waals surface area (Å²) in [6.07, 6.45) is 2.20. The van der Waals surface area contributed by atoms with E-state index in [1.54, 1.807) is 14.2 Å². The molecule has 0 atom stereocenters. The highest BCUT2D eigenvalue weighted by atomic mass is 32.1. The molecule has 0 radical (unpaired) electrons. The highest BCUT2D eigenvalue weighted by molar-refractivity contribution is 7.80.